The van der Waals surface area contributed by atoms with Gasteiger partial charge in [-0.25, -0.2) is 0 Å². The van der Waals surface area contributed by atoms with Crippen LogP contribution >= 0.6 is 11.6 Å². The first-order chi connectivity index (χ1) is 8.38. The molecule has 0 aliphatic carbocycles. The smallest absolute Gasteiger partial charge is 0.123 e. The summed E-state index contributed by atoms with van der Waals surface area (Å²) in [7, 11) is 1.66. The summed E-state index contributed by atoms with van der Waals surface area (Å²) in [5.41, 5.74) is 1.98. The van der Waals surface area contributed by atoms with Gasteiger partial charge in [-0.2, -0.15) is 0 Å². The van der Waals surface area contributed by atoms with Crippen LogP contribution in [-0.4, -0.2) is 19.6 Å². The summed E-state index contributed by atoms with van der Waals surface area (Å²) < 4.78 is 11.0. The lowest BCUT2D eigenvalue weighted by atomic mass is 9.86. The number of benzene rings is 1. The molecule has 0 aliphatic heterocycles. The van der Waals surface area contributed by atoms with E-state index in [9.17, 15) is 0 Å². The Balaban J connectivity index is 2.99. The lowest BCUT2D eigenvalue weighted by molar-refractivity contribution is 0.339. The molecule has 3 heteroatoms. The Labute approximate surface area is 115 Å². The molecule has 1 aromatic rings. The Hall–Kier alpha value is -1.15. The van der Waals surface area contributed by atoms with Crippen LogP contribution in [0.3, 0.4) is 0 Å². The average molecular weight is 269 g/mol. The average Bonchev–Trinajstić information content (AvgIpc) is 2.34. The van der Waals surface area contributed by atoms with Crippen LogP contribution in [0.25, 0.3) is 0 Å². The summed E-state index contributed by atoms with van der Waals surface area (Å²) in [6.45, 7) is 10.7. The maximum absolute atomic E-state index is 5.78. The van der Waals surface area contributed by atoms with E-state index >= 15 is 0 Å². The zero-order chi connectivity index (χ0) is 13.8. The van der Waals surface area contributed by atoms with Gasteiger partial charge in [-0.15, -0.1) is 11.6 Å². The molecule has 0 saturated carbocycles. The topological polar surface area (TPSA) is 18.5 Å². The third kappa shape index (κ3) is 3.95. The number of ether oxygens (including phenoxy) is 2. The minimum Gasteiger partial charge on any atom is -0.497 e. The zero-order valence-electron chi connectivity index (χ0n) is 11.5. The molecule has 0 spiro atoms. The van der Waals surface area contributed by atoms with E-state index in [0.29, 0.717) is 12.5 Å². The minimum atomic E-state index is -0.00777. The van der Waals surface area contributed by atoms with Crippen LogP contribution < -0.4 is 9.47 Å². The fourth-order valence-electron chi connectivity index (χ4n) is 1.57. The summed E-state index contributed by atoms with van der Waals surface area (Å²) in [5.74, 6) is 2.11. The largest absolute Gasteiger partial charge is 0.497 e. The van der Waals surface area contributed by atoms with E-state index < -0.39 is 0 Å². The maximum Gasteiger partial charge on any atom is 0.123 e. The highest BCUT2D eigenvalue weighted by molar-refractivity contribution is 6.19. The van der Waals surface area contributed by atoms with Gasteiger partial charge in [0, 0.05) is 11.4 Å². The standard InChI is InChI=1S/C15H21ClO2/c1-11(9-16)10-18-14-7-6-12(17-5)8-13(14)15(2,3)4/h6-8H,1,9-10H2,2-5H3. The molecule has 0 heterocycles. The molecule has 0 N–H and O–H groups in total. The number of halogens is 1. The van der Waals surface area contributed by atoms with Crippen molar-refractivity contribution in [2.24, 2.45) is 0 Å². The third-order valence-corrected chi connectivity index (χ3v) is 2.99. The van der Waals surface area contributed by atoms with E-state index in [4.69, 9.17) is 21.1 Å². The lowest BCUT2D eigenvalue weighted by Gasteiger charge is -2.23. The van der Waals surface area contributed by atoms with Crippen LogP contribution in [0.2, 0.25) is 0 Å². The van der Waals surface area contributed by atoms with Crippen molar-refractivity contribution in [2.45, 2.75) is 26.2 Å². The second-order valence-electron chi connectivity index (χ2n) is 5.28. The molecule has 0 amide bonds. The van der Waals surface area contributed by atoms with Gasteiger partial charge >= 0.3 is 0 Å². The quantitative estimate of drug-likeness (QED) is 0.590. The van der Waals surface area contributed by atoms with Gasteiger partial charge in [-0.3, -0.25) is 0 Å². The number of hydrogen-bond donors (Lipinski definition) is 0. The molecule has 100 valence electrons. The van der Waals surface area contributed by atoms with Crippen molar-refractivity contribution in [3.05, 3.63) is 35.9 Å². The van der Waals surface area contributed by atoms with E-state index in [1.807, 2.05) is 18.2 Å². The summed E-state index contributed by atoms with van der Waals surface area (Å²) in [5, 5.41) is 0. The second kappa shape index (κ2) is 6.14. The van der Waals surface area contributed by atoms with E-state index in [-0.39, 0.29) is 5.41 Å². The van der Waals surface area contributed by atoms with Gasteiger partial charge < -0.3 is 9.47 Å². The van der Waals surface area contributed by atoms with Crippen LogP contribution in [0.15, 0.2) is 30.4 Å². The van der Waals surface area contributed by atoms with Crippen molar-refractivity contribution in [1.82, 2.24) is 0 Å². The van der Waals surface area contributed by atoms with E-state index in [0.717, 1.165) is 22.6 Å². The van der Waals surface area contributed by atoms with Gasteiger partial charge in [0.25, 0.3) is 0 Å². The van der Waals surface area contributed by atoms with E-state index in [1.165, 1.54) is 0 Å². The first-order valence-electron chi connectivity index (χ1n) is 5.92. The van der Waals surface area contributed by atoms with Crippen LogP contribution in [-0.2, 0) is 5.41 Å². The predicted octanol–water partition coefficient (Wildman–Crippen LogP) is 4.17. The van der Waals surface area contributed by atoms with Gasteiger partial charge in [0.2, 0.25) is 0 Å². The minimum absolute atomic E-state index is 0.00777. The molecule has 0 aliphatic rings. The lowest BCUT2D eigenvalue weighted by Crippen LogP contribution is -2.14. The summed E-state index contributed by atoms with van der Waals surface area (Å²) >= 11 is 5.70. The van der Waals surface area contributed by atoms with Crippen LogP contribution in [0, 0.1) is 0 Å². The summed E-state index contributed by atoms with van der Waals surface area (Å²) in [6.07, 6.45) is 0. The third-order valence-electron chi connectivity index (χ3n) is 2.62. The summed E-state index contributed by atoms with van der Waals surface area (Å²) in [4.78, 5) is 0. The first-order valence-corrected chi connectivity index (χ1v) is 6.46. The van der Waals surface area contributed by atoms with Crippen LogP contribution in [0.1, 0.15) is 26.3 Å². The molecule has 0 fully saturated rings. The molecule has 2 nitrogen and oxygen atoms in total. The van der Waals surface area contributed by atoms with Gasteiger partial charge in [0.15, 0.2) is 0 Å². The highest BCUT2D eigenvalue weighted by Gasteiger charge is 2.20. The predicted molar refractivity (Wildman–Crippen MR) is 77.0 cm³/mol. The van der Waals surface area contributed by atoms with Gasteiger partial charge in [-0.05, 0) is 29.2 Å². The number of alkyl halides is 1. The van der Waals surface area contributed by atoms with Gasteiger partial charge in [0.1, 0.15) is 18.1 Å². The fraction of sp³-hybridized carbons (Fsp3) is 0.467. The molecule has 1 aromatic carbocycles. The molecule has 0 aromatic heterocycles. The Morgan fingerprint density at radius 3 is 2.50 bits per heavy atom. The Morgan fingerprint density at radius 2 is 2.00 bits per heavy atom. The van der Waals surface area contributed by atoms with Crippen LogP contribution in [0.5, 0.6) is 11.5 Å². The van der Waals surface area contributed by atoms with E-state index in [2.05, 4.69) is 27.4 Å². The molecule has 0 bridgehead atoms. The first kappa shape index (κ1) is 14.9. The van der Waals surface area contributed by atoms with Crippen molar-refractivity contribution in [3.63, 3.8) is 0 Å². The Kier molecular flexibility index (Phi) is 5.09. The summed E-state index contributed by atoms with van der Waals surface area (Å²) in [6, 6.07) is 5.84. The second-order valence-corrected chi connectivity index (χ2v) is 5.55. The van der Waals surface area contributed by atoms with E-state index in [1.54, 1.807) is 7.11 Å². The Bertz CT molecular complexity index is 419. The normalized spacial score (nSPS) is 11.2. The molecule has 1 rings (SSSR count). The monoisotopic (exact) mass is 268 g/mol. The number of hydrogen-bond acceptors (Lipinski definition) is 2. The molecule has 18 heavy (non-hydrogen) atoms. The molecule has 0 radical (unpaired) electrons. The number of methoxy groups -OCH3 is 1. The molecular weight excluding hydrogens is 248 g/mol. The molecular formula is C15H21ClO2. The van der Waals surface area contributed by atoms with Crippen molar-refractivity contribution >= 4 is 11.6 Å². The van der Waals surface area contributed by atoms with Crippen LogP contribution in [0.4, 0.5) is 0 Å². The highest BCUT2D eigenvalue weighted by Crippen LogP contribution is 2.34. The maximum atomic E-state index is 5.78. The van der Waals surface area contributed by atoms with Crippen molar-refractivity contribution in [2.75, 3.05) is 19.6 Å². The van der Waals surface area contributed by atoms with Gasteiger partial charge in [-0.1, -0.05) is 27.4 Å². The SMILES string of the molecule is C=C(CCl)COc1ccc(OC)cc1C(C)(C)C. The molecule has 0 atom stereocenters. The van der Waals surface area contributed by atoms with Gasteiger partial charge in [0.05, 0.1) is 7.11 Å². The Morgan fingerprint density at radius 1 is 1.33 bits per heavy atom. The van der Waals surface area contributed by atoms with Crippen molar-refractivity contribution in [3.8, 4) is 11.5 Å². The zero-order valence-corrected chi connectivity index (χ0v) is 12.3. The fourth-order valence-corrected chi connectivity index (χ4v) is 1.64. The molecule has 0 unspecified atom stereocenters. The molecule has 0 saturated heterocycles. The number of rotatable bonds is 5. The van der Waals surface area contributed by atoms with Crippen molar-refractivity contribution < 1.29 is 9.47 Å². The highest BCUT2D eigenvalue weighted by atomic mass is 35.5. The van der Waals surface area contributed by atoms with Crippen molar-refractivity contribution in [1.29, 1.82) is 0 Å².